The highest BCUT2D eigenvalue weighted by atomic mass is 16.5. The van der Waals surface area contributed by atoms with Crippen molar-refractivity contribution in [3.8, 4) is 5.75 Å². The fraction of sp³-hybridized carbons (Fsp3) is 0.429. The van der Waals surface area contributed by atoms with Crippen molar-refractivity contribution in [2.75, 3.05) is 13.1 Å². The molecule has 0 saturated carbocycles. The zero-order chi connectivity index (χ0) is 25.5. The summed E-state index contributed by atoms with van der Waals surface area (Å²) in [7, 11) is 0. The van der Waals surface area contributed by atoms with E-state index in [0.29, 0.717) is 44.5 Å². The maximum atomic E-state index is 13.7. The van der Waals surface area contributed by atoms with Crippen molar-refractivity contribution in [2.24, 2.45) is 5.73 Å². The molecule has 3 heterocycles. The second-order valence-electron chi connectivity index (χ2n) is 10.7. The molecule has 1 aromatic heterocycles. The van der Waals surface area contributed by atoms with Crippen molar-refractivity contribution in [2.45, 2.75) is 62.8 Å². The van der Waals surface area contributed by atoms with Crippen LogP contribution < -0.4 is 15.8 Å². The van der Waals surface area contributed by atoms with E-state index in [1.54, 1.807) is 18.7 Å². The average Bonchev–Trinajstić information content (AvgIpc) is 3.26. The molecule has 8 heteroatoms. The van der Waals surface area contributed by atoms with Gasteiger partial charge in [-0.05, 0) is 31.5 Å². The number of carbonyl (C=O) groups is 2. The molecule has 2 amide bonds. The fourth-order valence-corrected chi connectivity index (χ4v) is 5.31. The van der Waals surface area contributed by atoms with Crippen LogP contribution in [0.4, 0.5) is 0 Å². The number of para-hydroxylation sites is 2. The molecule has 2 aliphatic rings. The summed E-state index contributed by atoms with van der Waals surface area (Å²) in [6.07, 6.45) is 3.39. The van der Waals surface area contributed by atoms with Crippen LogP contribution in [-0.2, 0) is 16.0 Å². The molecule has 1 fully saturated rings. The van der Waals surface area contributed by atoms with E-state index >= 15 is 0 Å². The van der Waals surface area contributed by atoms with E-state index in [-0.39, 0.29) is 11.8 Å². The monoisotopic (exact) mass is 490 g/mol. The Hall–Kier alpha value is -3.36. The number of nitrogens with zero attached hydrogens (tertiary/aromatic N) is 1. The minimum atomic E-state index is -1.11. The van der Waals surface area contributed by atoms with Crippen LogP contribution in [0.15, 0.2) is 54.7 Å². The number of hydrogen-bond donors (Lipinski definition) is 4. The lowest BCUT2D eigenvalue weighted by Gasteiger charge is -2.46. The normalized spacial score (nSPS) is 20.0. The van der Waals surface area contributed by atoms with Gasteiger partial charge in [0.05, 0.1) is 11.6 Å². The van der Waals surface area contributed by atoms with Gasteiger partial charge in [0.25, 0.3) is 0 Å². The molecule has 1 saturated heterocycles. The molecule has 2 aromatic carbocycles. The van der Waals surface area contributed by atoms with Crippen molar-refractivity contribution in [3.05, 3.63) is 65.9 Å². The Bertz CT molecular complexity index is 1270. The molecular formula is C28H34N4O4. The smallest absolute Gasteiger partial charge is 0.245 e. The molecule has 36 heavy (non-hydrogen) atoms. The molecule has 3 aromatic rings. The Morgan fingerprint density at radius 1 is 1.19 bits per heavy atom. The third-order valence-electron chi connectivity index (χ3n) is 7.44. The van der Waals surface area contributed by atoms with Crippen LogP contribution in [0.1, 0.15) is 50.3 Å². The lowest BCUT2D eigenvalue weighted by Crippen LogP contribution is -2.59. The molecular weight excluding hydrogens is 456 g/mol. The van der Waals surface area contributed by atoms with Gasteiger partial charge >= 0.3 is 0 Å². The van der Waals surface area contributed by atoms with E-state index in [1.807, 2.05) is 54.7 Å². The lowest BCUT2D eigenvalue weighted by molar-refractivity contribution is -0.141. The number of aromatic nitrogens is 1. The number of aromatic amines is 1. The van der Waals surface area contributed by atoms with E-state index in [0.717, 1.165) is 22.0 Å². The summed E-state index contributed by atoms with van der Waals surface area (Å²) in [6.45, 7) is 4.23. The summed E-state index contributed by atoms with van der Waals surface area (Å²) in [6, 6.07) is 14.7. The number of hydrogen-bond acceptors (Lipinski definition) is 5. The molecule has 5 rings (SSSR count). The number of rotatable bonds is 5. The van der Waals surface area contributed by atoms with Crippen LogP contribution in [-0.4, -0.2) is 57.1 Å². The number of ether oxygens (including phenoxy) is 1. The summed E-state index contributed by atoms with van der Waals surface area (Å²) in [5.74, 6) is 0.208. The number of fused-ring (bicyclic) bond motifs is 2. The topological polar surface area (TPSA) is 121 Å². The van der Waals surface area contributed by atoms with Gasteiger partial charge in [0, 0.05) is 61.4 Å². The first-order valence-electron chi connectivity index (χ1n) is 12.5. The molecule has 0 aliphatic carbocycles. The first-order chi connectivity index (χ1) is 17.2. The summed E-state index contributed by atoms with van der Waals surface area (Å²) < 4.78 is 6.37. The second kappa shape index (κ2) is 9.26. The van der Waals surface area contributed by atoms with Crippen LogP contribution >= 0.6 is 0 Å². The van der Waals surface area contributed by atoms with Crippen molar-refractivity contribution in [1.29, 1.82) is 0 Å². The van der Waals surface area contributed by atoms with E-state index < -0.39 is 23.3 Å². The number of nitrogens with two attached hydrogens (primary N) is 1. The highest BCUT2D eigenvalue weighted by molar-refractivity contribution is 5.92. The molecule has 0 radical (unpaired) electrons. The van der Waals surface area contributed by atoms with Gasteiger partial charge in [-0.15, -0.1) is 0 Å². The van der Waals surface area contributed by atoms with Gasteiger partial charge in [0.1, 0.15) is 17.4 Å². The Balaban J connectivity index is 1.33. The third kappa shape index (κ3) is 4.70. The van der Waals surface area contributed by atoms with Gasteiger partial charge in [0.15, 0.2) is 0 Å². The van der Waals surface area contributed by atoms with Gasteiger partial charge in [-0.2, -0.15) is 0 Å². The van der Waals surface area contributed by atoms with Crippen molar-refractivity contribution >= 4 is 22.7 Å². The Morgan fingerprint density at radius 3 is 2.64 bits per heavy atom. The number of aliphatic hydroxyl groups is 1. The van der Waals surface area contributed by atoms with E-state index in [9.17, 15) is 14.7 Å². The number of piperidine rings is 1. The molecule has 2 aliphatic heterocycles. The van der Waals surface area contributed by atoms with Gasteiger partial charge < -0.3 is 30.8 Å². The highest BCUT2D eigenvalue weighted by Crippen LogP contribution is 2.44. The zero-order valence-electron chi connectivity index (χ0n) is 20.8. The van der Waals surface area contributed by atoms with E-state index in [2.05, 4.69) is 10.3 Å². The number of H-pyrrole nitrogens is 1. The Kier molecular flexibility index (Phi) is 6.26. The standard InChI is InChI=1S/C28H34N4O4/c1-27(2,29)26(35)31-22(15-18-17-30-21-9-5-3-7-19(18)21)25(34)32-13-11-28(12-14-32)16-23(33)20-8-4-6-10-24(20)36-28/h3-10,17,22-23,30,33H,11-16,29H2,1-2H3,(H,31,35)/t22-,23?/m1/s1. The molecule has 2 atom stereocenters. The van der Waals surface area contributed by atoms with Gasteiger partial charge in [-0.1, -0.05) is 36.4 Å². The second-order valence-corrected chi connectivity index (χ2v) is 10.7. The first-order valence-corrected chi connectivity index (χ1v) is 12.5. The van der Waals surface area contributed by atoms with Crippen LogP contribution in [0.25, 0.3) is 10.9 Å². The number of aliphatic hydroxyl groups excluding tert-OH is 1. The van der Waals surface area contributed by atoms with Gasteiger partial charge in [-0.3, -0.25) is 9.59 Å². The summed E-state index contributed by atoms with van der Waals surface area (Å²) in [5, 5.41) is 14.7. The third-order valence-corrected chi connectivity index (χ3v) is 7.44. The molecule has 8 nitrogen and oxygen atoms in total. The highest BCUT2D eigenvalue weighted by Gasteiger charge is 2.44. The van der Waals surface area contributed by atoms with Crippen molar-refractivity contribution in [3.63, 3.8) is 0 Å². The predicted molar refractivity (Wildman–Crippen MR) is 137 cm³/mol. The van der Waals surface area contributed by atoms with E-state index in [1.165, 1.54) is 0 Å². The Labute approximate surface area is 210 Å². The lowest BCUT2D eigenvalue weighted by atomic mass is 9.81. The van der Waals surface area contributed by atoms with E-state index in [4.69, 9.17) is 10.5 Å². The molecule has 5 N–H and O–H groups in total. The van der Waals surface area contributed by atoms with Crippen molar-refractivity contribution in [1.82, 2.24) is 15.2 Å². The Morgan fingerprint density at radius 2 is 1.89 bits per heavy atom. The number of benzene rings is 2. The quantitative estimate of drug-likeness (QED) is 0.438. The number of carbonyl (C=O) groups excluding carboxylic acids is 2. The summed E-state index contributed by atoms with van der Waals surface area (Å²) in [5.41, 5.74) is 7.18. The minimum Gasteiger partial charge on any atom is -0.487 e. The number of nitrogens with one attached hydrogen (secondary N) is 2. The van der Waals surface area contributed by atoms with Crippen LogP contribution in [0.2, 0.25) is 0 Å². The average molecular weight is 491 g/mol. The van der Waals surface area contributed by atoms with Crippen LogP contribution in [0.3, 0.4) is 0 Å². The number of likely N-dealkylation sites (tertiary alicyclic amines) is 1. The molecule has 0 bridgehead atoms. The molecule has 190 valence electrons. The maximum absolute atomic E-state index is 13.7. The largest absolute Gasteiger partial charge is 0.487 e. The fourth-order valence-electron chi connectivity index (χ4n) is 5.31. The predicted octanol–water partition coefficient (Wildman–Crippen LogP) is 2.81. The minimum absolute atomic E-state index is 0.135. The molecule has 1 spiro atoms. The van der Waals surface area contributed by atoms with Gasteiger partial charge in [0.2, 0.25) is 11.8 Å². The summed E-state index contributed by atoms with van der Waals surface area (Å²) >= 11 is 0. The number of amides is 2. The molecule has 1 unspecified atom stereocenters. The van der Waals surface area contributed by atoms with Crippen LogP contribution in [0, 0.1) is 0 Å². The zero-order valence-corrected chi connectivity index (χ0v) is 20.8. The van der Waals surface area contributed by atoms with Gasteiger partial charge in [-0.25, -0.2) is 0 Å². The SMILES string of the molecule is CC(C)(N)C(=O)N[C@H](Cc1c[nH]c2ccccc12)C(=O)N1CCC2(CC1)CC(O)c1ccccc1O2. The van der Waals surface area contributed by atoms with Crippen molar-refractivity contribution < 1.29 is 19.4 Å². The first kappa shape index (κ1) is 24.3. The summed E-state index contributed by atoms with van der Waals surface area (Å²) in [4.78, 5) is 31.6. The maximum Gasteiger partial charge on any atom is 0.245 e. The van der Waals surface area contributed by atoms with Crippen LogP contribution in [0.5, 0.6) is 5.75 Å².